The van der Waals surface area contributed by atoms with Gasteiger partial charge in [-0.1, -0.05) is 25.8 Å². The molecule has 7 heteroatoms. The molecule has 2 fully saturated rings. The monoisotopic (exact) mass is 478 g/mol. The number of rotatable bonds is 7. The van der Waals surface area contributed by atoms with E-state index in [1.165, 1.54) is 24.6 Å². The van der Waals surface area contributed by atoms with E-state index in [9.17, 15) is 9.59 Å². The van der Waals surface area contributed by atoms with Crippen molar-refractivity contribution in [2.45, 2.75) is 64.2 Å². The lowest BCUT2D eigenvalue weighted by molar-refractivity contribution is -0.145. The topological polar surface area (TPSA) is 112 Å². The highest BCUT2D eigenvalue weighted by molar-refractivity contribution is 5.85. The van der Waals surface area contributed by atoms with Crippen molar-refractivity contribution in [3.63, 3.8) is 0 Å². The van der Waals surface area contributed by atoms with E-state index in [4.69, 9.17) is 20.8 Å². The second-order valence-electron chi connectivity index (χ2n) is 9.88. The summed E-state index contributed by atoms with van der Waals surface area (Å²) in [6.07, 6.45) is 8.32. The van der Waals surface area contributed by atoms with Gasteiger partial charge in [-0.15, -0.1) is 0 Å². The van der Waals surface area contributed by atoms with Crippen molar-refractivity contribution in [3.8, 4) is 17.2 Å². The predicted octanol–water partition coefficient (Wildman–Crippen LogP) is 5.55. The molecule has 2 saturated carbocycles. The normalized spacial score (nSPS) is 24.3. The quantitative estimate of drug-likeness (QED) is 0.234. The van der Waals surface area contributed by atoms with E-state index in [1.54, 1.807) is 24.3 Å². The second-order valence-corrected chi connectivity index (χ2v) is 9.88. The Labute approximate surface area is 206 Å². The molecule has 3 N–H and O–H groups in total. The van der Waals surface area contributed by atoms with Crippen LogP contribution >= 0.6 is 0 Å². The van der Waals surface area contributed by atoms with Gasteiger partial charge in [0.15, 0.2) is 0 Å². The molecule has 2 aromatic carbocycles. The van der Waals surface area contributed by atoms with Crippen molar-refractivity contribution in [2.75, 3.05) is 0 Å². The summed E-state index contributed by atoms with van der Waals surface area (Å²) in [5, 5.41) is 7.82. The van der Waals surface area contributed by atoms with Crippen LogP contribution in [0.2, 0.25) is 0 Å². The van der Waals surface area contributed by atoms with Gasteiger partial charge < -0.3 is 19.7 Å². The molecule has 0 aromatic heterocycles. The second kappa shape index (κ2) is 11.5. The number of nitrogens with two attached hydrogens (primary N) is 1. The van der Waals surface area contributed by atoms with Gasteiger partial charge in [0, 0.05) is 11.8 Å². The summed E-state index contributed by atoms with van der Waals surface area (Å²) in [6, 6.07) is 12.4. The molecule has 0 amide bonds. The standard InChI is InChI=1S/C28H34N2O5/c1-18-2-4-19(5-3-18)22-10-15-26(23(16-22)17-29)34-28(32)21-8-6-20(7-9-21)27(31)33-24-11-13-25(35-30)14-12-24/h10-21,29H,2-9,30H2,1H3. The number of carbonyl (C=O) groups excluding carboxylic acids is 2. The molecule has 0 unspecified atom stereocenters. The Morgan fingerprint density at radius 2 is 1.40 bits per heavy atom. The lowest BCUT2D eigenvalue weighted by atomic mass is 9.79. The summed E-state index contributed by atoms with van der Waals surface area (Å²) in [5.74, 6) is 6.64. The molecule has 0 spiro atoms. The number of esters is 2. The fourth-order valence-corrected chi connectivity index (χ4v) is 5.16. The molecule has 186 valence electrons. The number of hydrogen-bond acceptors (Lipinski definition) is 7. The zero-order valence-corrected chi connectivity index (χ0v) is 20.2. The summed E-state index contributed by atoms with van der Waals surface area (Å²) < 4.78 is 11.2. The van der Waals surface area contributed by atoms with Gasteiger partial charge in [-0.05, 0) is 92.3 Å². The van der Waals surface area contributed by atoms with Gasteiger partial charge in [-0.25, -0.2) is 0 Å². The highest BCUT2D eigenvalue weighted by atomic mass is 16.6. The van der Waals surface area contributed by atoms with E-state index >= 15 is 0 Å². The molecule has 2 aromatic rings. The summed E-state index contributed by atoms with van der Waals surface area (Å²) >= 11 is 0. The van der Waals surface area contributed by atoms with Crippen molar-refractivity contribution in [1.82, 2.24) is 0 Å². The van der Waals surface area contributed by atoms with Crippen LogP contribution < -0.4 is 20.2 Å². The molecule has 7 nitrogen and oxygen atoms in total. The smallest absolute Gasteiger partial charge is 0.314 e. The fourth-order valence-electron chi connectivity index (χ4n) is 5.16. The van der Waals surface area contributed by atoms with Crippen LogP contribution in [-0.4, -0.2) is 18.2 Å². The van der Waals surface area contributed by atoms with Crippen molar-refractivity contribution in [1.29, 1.82) is 5.41 Å². The van der Waals surface area contributed by atoms with Crippen LogP contribution in [0.15, 0.2) is 42.5 Å². The van der Waals surface area contributed by atoms with Crippen molar-refractivity contribution in [2.24, 2.45) is 23.7 Å². The van der Waals surface area contributed by atoms with E-state index in [0.717, 1.165) is 18.8 Å². The molecule has 2 aliphatic carbocycles. The third-order valence-corrected chi connectivity index (χ3v) is 7.46. The number of hydrogen-bond donors (Lipinski definition) is 2. The predicted molar refractivity (Wildman–Crippen MR) is 133 cm³/mol. The van der Waals surface area contributed by atoms with Gasteiger partial charge in [-0.2, -0.15) is 5.90 Å². The van der Waals surface area contributed by atoms with Crippen LogP contribution in [0.1, 0.15) is 75.3 Å². The highest BCUT2D eigenvalue weighted by Crippen LogP contribution is 2.37. The first-order valence-corrected chi connectivity index (χ1v) is 12.5. The molecular formula is C28H34N2O5. The Morgan fingerprint density at radius 3 is 1.97 bits per heavy atom. The van der Waals surface area contributed by atoms with Crippen LogP contribution in [0.25, 0.3) is 0 Å². The van der Waals surface area contributed by atoms with E-state index in [2.05, 4.69) is 11.8 Å². The molecule has 4 rings (SSSR count). The fraction of sp³-hybridized carbons (Fsp3) is 0.464. The molecule has 0 heterocycles. The van der Waals surface area contributed by atoms with Gasteiger partial charge in [-0.3, -0.25) is 9.59 Å². The molecule has 0 bridgehead atoms. The van der Waals surface area contributed by atoms with Crippen LogP contribution in [0.4, 0.5) is 0 Å². The molecule has 0 saturated heterocycles. The molecule has 0 aliphatic heterocycles. The minimum atomic E-state index is -0.295. The van der Waals surface area contributed by atoms with E-state index in [0.29, 0.717) is 54.4 Å². The third kappa shape index (κ3) is 6.28. The van der Waals surface area contributed by atoms with Gasteiger partial charge in [0.2, 0.25) is 0 Å². The van der Waals surface area contributed by atoms with Gasteiger partial charge in [0.25, 0.3) is 0 Å². The average Bonchev–Trinajstić information content (AvgIpc) is 2.90. The zero-order chi connectivity index (χ0) is 24.8. The summed E-state index contributed by atoms with van der Waals surface area (Å²) in [6.45, 7) is 2.30. The van der Waals surface area contributed by atoms with Crippen LogP contribution in [0, 0.1) is 23.2 Å². The number of nitrogens with one attached hydrogen (secondary N) is 1. The number of ether oxygens (including phenoxy) is 2. The average molecular weight is 479 g/mol. The Morgan fingerprint density at radius 1 is 0.829 bits per heavy atom. The Hall–Kier alpha value is -3.19. The van der Waals surface area contributed by atoms with E-state index in [1.807, 2.05) is 18.2 Å². The molecular weight excluding hydrogens is 444 g/mol. The first kappa shape index (κ1) is 24.9. The lowest BCUT2D eigenvalue weighted by Gasteiger charge is -2.27. The molecule has 35 heavy (non-hydrogen) atoms. The number of benzene rings is 2. The van der Waals surface area contributed by atoms with Crippen molar-refractivity contribution < 1.29 is 23.9 Å². The SMILES string of the molecule is CC1CCC(c2ccc(OC(=O)C3CCC(C(=O)Oc4ccc(ON)cc4)CC3)c(C=N)c2)CC1. The first-order chi connectivity index (χ1) is 17.0. The zero-order valence-electron chi connectivity index (χ0n) is 20.2. The lowest BCUT2D eigenvalue weighted by Crippen LogP contribution is -2.30. The largest absolute Gasteiger partial charge is 0.426 e. The maximum Gasteiger partial charge on any atom is 0.314 e. The Bertz CT molecular complexity index is 1040. The van der Waals surface area contributed by atoms with Gasteiger partial charge in [0.1, 0.15) is 17.2 Å². The summed E-state index contributed by atoms with van der Waals surface area (Å²) in [5.41, 5.74) is 1.86. The maximum absolute atomic E-state index is 12.9. The molecule has 0 radical (unpaired) electrons. The van der Waals surface area contributed by atoms with Crippen LogP contribution in [0.5, 0.6) is 17.2 Å². The Balaban J connectivity index is 1.29. The van der Waals surface area contributed by atoms with Crippen LogP contribution in [0.3, 0.4) is 0 Å². The number of carbonyl (C=O) groups is 2. The molecule has 2 aliphatic rings. The van der Waals surface area contributed by atoms with E-state index in [-0.39, 0.29) is 23.8 Å². The van der Waals surface area contributed by atoms with Gasteiger partial charge in [0.05, 0.1) is 11.8 Å². The highest BCUT2D eigenvalue weighted by Gasteiger charge is 2.32. The maximum atomic E-state index is 12.9. The Kier molecular flexibility index (Phi) is 8.18. The van der Waals surface area contributed by atoms with Crippen LogP contribution in [-0.2, 0) is 9.59 Å². The van der Waals surface area contributed by atoms with E-state index < -0.39 is 0 Å². The van der Waals surface area contributed by atoms with Gasteiger partial charge >= 0.3 is 11.9 Å². The summed E-state index contributed by atoms with van der Waals surface area (Å²) in [4.78, 5) is 30.0. The van der Waals surface area contributed by atoms with Crippen molar-refractivity contribution in [3.05, 3.63) is 53.6 Å². The summed E-state index contributed by atoms with van der Waals surface area (Å²) in [7, 11) is 0. The third-order valence-electron chi connectivity index (χ3n) is 7.46. The van der Waals surface area contributed by atoms with Crippen molar-refractivity contribution >= 4 is 18.2 Å². The molecule has 0 atom stereocenters. The minimum absolute atomic E-state index is 0.251. The first-order valence-electron chi connectivity index (χ1n) is 12.5. The minimum Gasteiger partial charge on any atom is -0.426 e.